The van der Waals surface area contributed by atoms with Crippen LogP contribution in [0.3, 0.4) is 0 Å². The van der Waals surface area contributed by atoms with E-state index in [0.29, 0.717) is 29.5 Å². The zero-order chi connectivity index (χ0) is 13.8. The van der Waals surface area contributed by atoms with Gasteiger partial charge in [0.2, 0.25) is 10.0 Å². The summed E-state index contributed by atoms with van der Waals surface area (Å²) >= 11 is 6.00. The molecule has 0 heterocycles. The second-order valence-electron chi connectivity index (χ2n) is 3.88. The Hall–Kier alpha value is -0.780. The second-order valence-corrected chi connectivity index (χ2v) is 6.02. The average molecular weight is 292 g/mol. The highest BCUT2D eigenvalue weighted by atomic mass is 35.5. The first-order chi connectivity index (χ1) is 8.42. The molecule has 4 nitrogen and oxygen atoms in total. The topological polar surface area (TPSA) is 55.4 Å². The number of sulfonamides is 1. The molecule has 18 heavy (non-hydrogen) atoms. The normalized spacial score (nSPS) is 11.6. The number of hydrogen-bond acceptors (Lipinski definition) is 3. The third-order valence-electron chi connectivity index (χ3n) is 2.36. The summed E-state index contributed by atoms with van der Waals surface area (Å²) in [7, 11) is -3.50. The summed E-state index contributed by atoms with van der Waals surface area (Å²) in [6, 6.07) is 3.08. The lowest BCUT2D eigenvalue weighted by molar-refractivity contribution is 0.340. The molecule has 102 valence electrons. The predicted molar refractivity (Wildman–Crippen MR) is 72.8 cm³/mol. The van der Waals surface area contributed by atoms with E-state index >= 15 is 0 Å². The SMILES string of the molecule is CCCNS(=O)(=O)c1cc(Cl)c(OCC)cc1C. The van der Waals surface area contributed by atoms with Gasteiger partial charge in [0, 0.05) is 6.54 Å². The summed E-state index contributed by atoms with van der Waals surface area (Å²) in [5.74, 6) is 0.506. The third kappa shape index (κ3) is 3.60. The molecule has 0 saturated carbocycles. The minimum absolute atomic E-state index is 0.199. The maximum atomic E-state index is 12.0. The van der Waals surface area contributed by atoms with Crippen LogP contribution in [0.25, 0.3) is 0 Å². The van der Waals surface area contributed by atoms with Gasteiger partial charge >= 0.3 is 0 Å². The fourth-order valence-corrected chi connectivity index (χ4v) is 3.17. The van der Waals surface area contributed by atoms with Gasteiger partial charge in [-0.2, -0.15) is 0 Å². The van der Waals surface area contributed by atoms with E-state index in [2.05, 4.69) is 4.72 Å². The van der Waals surface area contributed by atoms with Crippen molar-refractivity contribution in [3.05, 3.63) is 22.7 Å². The van der Waals surface area contributed by atoms with Gasteiger partial charge in [-0.25, -0.2) is 13.1 Å². The molecule has 0 spiro atoms. The summed E-state index contributed by atoms with van der Waals surface area (Å²) in [6.07, 6.45) is 0.739. The van der Waals surface area contributed by atoms with E-state index in [1.165, 1.54) is 6.07 Å². The fourth-order valence-electron chi connectivity index (χ4n) is 1.51. The maximum Gasteiger partial charge on any atom is 0.240 e. The number of ether oxygens (including phenoxy) is 1. The summed E-state index contributed by atoms with van der Waals surface area (Å²) < 4.78 is 31.9. The van der Waals surface area contributed by atoms with Crippen molar-refractivity contribution in [3.8, 4) is 5.75 Å². The molecular formula is C12H18ClNO3S. The van der Waals surface area contributed by atoms with E-state index in [4.69, 9.17) is 16.3 Å². The van der Waals surface area contributed by atoms with Crippen LogP contribution < -0.4 is 9.46 Å². The van der Waals surface area contributed by atoms with Crippen LogP contribution in [0.15, 0.2) is 17.0 Å². The Morgan fingerprint density at radius 1 is 1.33 bits per heavy atom. The third-order valence-corrected chi connectivity index (χ3v) is 4.26. The molecule has 0 atom stereocenters. The molecule has 0 bridgehead atoms. The largest absolute Gasteiger partial charge is 0.492 e. The van der Waals surface area contributed by atoms with Crippen molar-refractivity contribution in [1.82, 2.24) is 4.72 Å². The standard InChI is InChI=1S/C12H18ClNO3S/c1-4-6-14-18(15,16)12-8-10(13)11(17-5-2)7-9(12)3/h7-8,14H,4-6H2,1-3H3. The van der Waals surface area contributed by atoms with Gasteiger partial charge in [-0.1, -0.05) is 18.5 Å². The molecule has 0 radical (unpaired) electrons. The zero-order valence-electron chi connectivity index (χ0n) is 10.8. The molecule has 0 aliphatic carbocycles. The van der Waals surface area contributed by atoms with Crippen molar-refractivity contribution in [2.75, 3.05) is 13.2 Å². The highest BCUT2D eigenvalue weighted by Crippen LogP contribution is 2.30. The molecule has 0 fully saturated rings. The van der Waals surface area contributed by atoms with Crippen LogP contribution in [-0.4, -0.2) is 21.6 Å². The van der Waals surface area contributed by atoms with Crippen molar-refractivity contribution in [2.24, 2.45) is 0 Å². The van der Waals surface area contributed by atoms with Crippen LogP contribution in [0, 0.1) is 6.92 Å². The van der Waals surface area contributed by atoms with Gasteiger partial charge in [0.1, 0.15) is 5.75 Å². The van der Waals surface area contributed by atoms with E-state index in [9.17, 15) is 8.42 Å². The molecule has 0 amide bonds. The number of hydrogen-bond donors (Lipinski definition) is 1. The maximum absolute atomic E-state index is 12.0. The first kappa shape index (κ1) is 15.3. The second kappa shape index (κ2) is 6.41. The van der Waals surface area contributed by atoms with Crippen molar-refractivity contribution < 1.29 is 13.2 Å². The van der Waals surface area contributed by atoms with Crippen LogP contribution in [0.2, 0.25) is 5.02 Å². The monoisotopic (exact) mass is 291 g/mol. The molecule has 1 aromatic rings. The first-order valence-electron chi connectivity index (χ1n) is 5.85. The number of aryl methyl sites for hydroxylation is 1. The van der Waals surface area contributed by atoms with Crippen LogP contribution in [-0.2, 0) is 10.0 Å². The highest BCUT2D eigenvalue weighted by Gasteiger charge is 2.18. The van der Waals surface area contributed by atoms with Crippen LogP contribution >= 0.6 is 11.6 Å². The Labute approximate surface area is 113 Å². The molecule has 0 aliphatic heterocycles. The summed E-state index contributed by atoms with van der Waals surface area (Å²) in [4.78, 5) is 0.199. The van der Waals surface area contributed by atoms with Crippen LogP contribution in [0.1, 0.15) is 25.8 Å². The van der Waals surface area contributed by atoms with E-state index in [1.54, 1.807) is 13.0 Å². The minimum atomic E-state index is -3.50. The molecule has 0 unspecified atom stereocenters. The van der Waals surface area contributed by atoms with Crippen molar-refractivity contribution >= 4 is 21.6 Å². The van der Waals surface area contributed by atoms with E-state index in [0.717, 1.165) is 6.42 Å². The summed E-state index contributed by atoms with van der Waals surface area (Å²) in [5.41, 5.74) is 0.617. The zero-order valence-corrected chi connectivity index (χ0v) is 12.4. The van der Waals surface area contributed by atoms with Gasteiger partial charge in [0.25, 0.3) is 0 Å². The lowest BCUT2D eigenvalue weighted by Crippen LogP contribution is -2.25. The lowest BCUT2D eigenvalue weighted by Gasteiger charge is -2.12. The Morgan fingerprint density at radius 2 is 2.00 bits per heavy atom. The van der Waals surface area contributed by atoms with Gasteiger partial charge in [0.15, 0.2) is 0 Å². The molecule has 1 rings (SSSR count). The summed E-state index contributed by atoms with van der Waals surface area (Å²) in [5, 5.41) is 0.305. The predicted octanol–water partition coefficient (Wildman–Crippen LogP) is 2.74. The number of nitrogens with one attached hydrogen (secondary N) is 1. The highest BCUT2D eigenvalue weighted by molar-refractivity contribution is 7.89. The lowest BCUT2D eigenvalue weighted by atomic mass is 10.2. The number of rotatable bonds is 6. The van der Waals surface area contributed by atoms with Gasteiger partial charge in [-0.3, -0.25) is 0 Å². The van der Waals surface area contributed by atoms with Crippen molar-refractivity contribution in [3.63, 3.8) is 0 Å². The van der Waals surface area contributed by atoms with Gasteiger partial charge in [-0.15, -0.1) is 0 Å². The van der Waals surface area contributed by atoms with Crippen molar-refractivity contribution in [1.29, 1.82) is 0 Å². The Balaban J connectivity index is 3.15. The van der Waals surface area contributed by atoms with Crippen LogP contribution in [0.5, 0.6) is 5.75 Å². The minimum Gasteiger partial charge on any atom is -0.492 e. The van der Waals surface area contributed by atoms with Gasteiger partial charge in [0.05, 0.1) is 16.5 Å². The average Bonchev–Trinajstić information content (AvgIpc) is 2.31. The Morgan fingerprint density at radius 3 is 2.56 bits per heavy atom. The molecule has 0 saturated heterocycles. The number of benzene rings is 1. The van der Waals surface area contributed by atoms with Gasteiger partial charge in [-0.05, 0) is 38.0 Å². The molecule has 1 aromatic carbocycles. The smallest absolute Gasteiger partial charge is 0.240 e. The molecule has 0 aliphatic rings. The molecule has 6 heteroatoms. The molecular weight excluding hydrogens is 274 g/mol. The van der Waals surface area contributed by atoms with Gasteiger partial charge < -0.3 is 4.74 Å². The van der Waals surface area contributed by atoms with E-state index in [1.807, 2.05) is 13.8 Å². The molecule has 0 aromatic heterocycles. The quantitative estimate of drug-likeness (QED) is 0.877. The van der Waals surface area contributed by atoms with Crippen molar-refractivity contribution in [2.45, 2.75) is 32.1 Å². The Bertz CT molecular complexity index is 514. The van der Waals surface area contributed by atoms with E-state index < -0.39 is 10.0 Å². The van der Waals surface area contributed by atoms with E-state index in [-0.39, 0.29) is 4.90 Å². The molecule has 1 N–H and O–H groups in total. The Kier molecular flexibility index (Phi) is 5.44. The first-order valence-corrected chi connectivity index (χ1v) is 7.71. The fraction of sp³-hybridized carbons (Fsp3) is 0.500. The summed E-state index contributed by atoms with van der Waals surface area (Å²) in [6.45, 7) is 6.37. The van der Waals surface area contributed by atoms with Crippen LogP contribution in [0.4, 0.5) is 0 Å². The number of halogens is 1.